The number of nitrogens with one attached hydrogen (secondary N) is 1. The van der Waals surface area contributed by atoms with Gasteiger partial charge in [0, 0.05) is 6.26 Å². The topological polar surface area (TPSA) is 72.5 Å². The van der Waals surface area contributed by atoms with Crippen LogP contribution in [0, 0.1) is 0 Å². The Balaban J connectivity index is 2.17. The molecular formula is C14H12ClNO4S. The molecule has 0 aromatic heterocycles. The second-order valence-electron chi connectivity index (χ2n) is 4.24. The van der Waals surface area contributed by atoms with Crippen molar-refractivity contribution in [1.29, 1.82) is 0 Å². The van der Waals surface area contributed by atoms with Crippen molar-refractivity contribution in [3.63, 3.8) is 0 Å². The molecule has 0 aliphatic heterocycles. The summed E-state index contributed by atoms with van der Waals surface area (Å²) in [7, 11) is -3.39. The highest BCUT2D eigenvalue weighted by Crippen LogP contribution is 2.25. The monoisotopic (exact) mass is 325 g/mol. The van der Waals surface area contributed by atoms with Crippen LogP contribution in [-0.2, 0) is 9.84 Å². The van der Waals surface area contributed by atoms with Gasteiger partial charge in [0.25, 0.3) is 0 Å². The molecule has 0 bridgehead atoms. The van der Waals surface area contributed by atoms with Crippen LogP contribution in [0.2, 0.25) is 5.02 Å². The summed E-state index contributed by atoms with van der Waals surface area (Å²) in [5, 5.41) is 2.63. The Kier molecular flexibility index (Phi) is 4.50. The van der Waals surface area contributed by atoms with E-state index in [4.69, 9.17) is 16.3 Å². The molecule has 0 radical (unpaired) electrons. The van der Waals surface area contributed by atoms with Crippen molar-refractivity contribution >= 4 is 33.2 Å². The van der Waals surface area contributed by atoms with E-state index in [2.05, 4.69) is 5.32 Å². The van der Waals surface area contributed by atoms with Gasteiger partial charge in [0.05, 0.1) is 15.6 Å². The van der Waals surface area contributed by atoms with Gasteiger partial charge in [-0.1, -0.05) is 29.8 Å². The number of carbonyl (C=O) groups excluding carboxylic acids is 1. The Bertz CT molecular complexity index is 760. The van der Waals surface area contributed by atoms with E-state index in [0.29, 0.717) is 5.75 Å². The number of rotatable bonds is 3. The van der Waals surface area contributed by atoms with Gasteiger partial charge < -0.3 is 4.74 Å². The molecule has 5 nitrogen and oxygen atoms in total. The lowest BCUT2D eigenvalue weighted by molar-refractivity contribution is 0.215. The van der Waals surface area contributed by atoms with Crippen molar-refractivity contribution < 1.29 is 17.9 Å². The molecule has 0 aliphatic carbocycles. The minimum atomic E-state index is -3.39. The Morgan fingerprint density at radius 2 is 1.81 bits per heavy atom. The van der Waals surface area contributed by atoms with Crippen molar-refractivity contribution in [3.05, 3.63) is 53.6 Å². The number of benzene rings is 2. The molecule has 21 heavy (non-hydrogen) atoms. The number of hydrogen-bond acceptors (Lipinski definition) is 4. The van der Waals surface area contributed by atoms with Crippen LogP contribution in [0.15, 0.2) is 53.4 Å². The van der Waals surface area contributed by atoms with Crippen LogP contribution in [0.25, 0.3) is 0 Å². The fraction of sp³-hybridized carbons (Fsp3) is 0.0714. The molecule has 0 atom stereocenters. The fourth-order valence-corrected chi connectivity index (χ4v) is 2.37. The number of halogens is 1. The lowest BCUT2D eigenvalue weighted by atomic mass is 10.3. The molecule has 0 aliphatic rings. The Morgan fingerprint density at radius 3 is 2.43 bits per heavy atom. The molecule has 110 valence electrons. The molecule has 1 amide bonds. The van der Waals surface area contributed by atoms with Crippen LogP contribution in [0.5, 0.6) is 5.75 Å². The quantitative estimate of drug-likeness (QED) is 0.939. The van der Waals surface area contributed by atoms with Gasteiger partial charge in [-0.05, 0) is 30.3 Å². The first-order valence-corrected chi connectivity index (χ1v) is 8.17. The fourth-order valence-electron chi connectivity index (χ4n) is 1.56. The zero-order valence-electron chi connectivity index (χ0n) is 11.0. The molecule has 0 spiro atoms. The van der Waals surface area contributed by atoms with Gasteiger partial charge in [-0.2, -0.15) is 0 Å². The van der Waals surface area contributed by atoms with Crippen LogP contribution in [-0.4, -0.2) is 20.8 Å². The van der Waals surface area contributed by atoms with E-state index >= 15 is 0 Å². The highest BCUT2D eigenvalue weighted by Gasteiger charge is 2.13. The standard InChI is InChI=1S/C14H12ClNO4S/c1-21(18,19)11-7-8-12(15)13(9-11)16-14(17)20-10-5-3-2-4-6-10/h2-9H,1H3,(H,16,17). The van der Waals surface area contributed by atoms with Crippen LogP contribution in [0.3, 0.4) is 0 Å². The van der Waals surface area contributed by atoms with Gasteiger partial charge >= 0.3 is 6.09 Å². The highest BCUT2D eigenvalue weighted by atomic mass is 35.5. The van der Waals surface area contributed by atoms with Crippen molar-refractivity contribution in [2.24, 2.45) is 0 Å². The van der Waals surface area contributed by atoms with E-state index in [1.807, 2.05) is 0 Å². The number of ether oxygens (including phenoxy) is 1. The molecule has 0 heterocycles. The first kappa shape index (κ1) is 15.3. The molecule has 0 saturated heterocycles. The van der Waals surface area contributed by atoms with Crippen molar-refractivity contribution in [3.8, 4) is 5.75 Å². The van der Waals surface area contributed by atoms with Crippen molar-refractivity contribution in [1.82, 2.24) is 0 Å². The minimum absolute atomic E-state index is 0.0573. The van der Waals surface area contributed by atoms with E-state index in [1.165, 1.54) is 18.2 Å². The van der Waals surface area contributed by atoms with E-state index in [0.717, 1.165) is 6.26 Å². The molecule has 0 fully saturated rings. The second-order valence-corrected chi connectivity index (χ2v) is 6.66. The molecule has 2 rings (SSSR count). The molecule has 0 unspecified atom stereocenters. The zero-order chi connectivity index (χ0) is 15.5. The van der Waals surface area contributed by atoms with Crippen LogP contribution >= 0.6 is 11.6 Å². The lowest BCUT2D eigenvalue weighted by Gasteiger charge is -2.09. The molecule has 0 saturated carbocycles. The van der Waals surface area contributed by atoms with Gasteiger partial charge in [0.2, 0.25) is 0 Å². The number of anilines is 1. The normalized spacial score (nSPS) is 11.0. The molecule has 1 N–H and O–H groups in total. The maximum Gasteiger partial charge on any atom is 0.417 e. The second kappa shape index (κ2) is 6.15. The summed E-state index contributed by atoms with van der Waals surface area (Å²) in [6, 6.07) is 12.5. The van der Waals surface area contributed by atoms with Crippen molar-refractivity contribution in [2.75, 3.05) is 11.6 Å². The van der Waals surface area contributed by atoms with E-state index in [1.54, 1.807) is 30.3 Å². The molecular weight excluding hydrogens is 314 g/mol. The van der Waals surface area contributed by atoms with Crippen LogP contribution in [0.1, 0.15) is 0 Å². The van der Waals surface area contributed by atoms with E-state index in [-0.39, 0.29) is 15.6 Å². The predicted octanol–water partition coefficient (Wildman–Crippen LogP) is 3.35. The van der Waals surface area contributed by atoms with Gasteiger partial charge in [-0.15, -0.1) is 0 Å². The largest absolute Gasteiger partial charge is 0.417 e. The third kappa shape index (κ3) is 4.21. The highest BCUT2D eigenvalue weighted by molar-refractivity contribution is 7.90. The smallest absolute Gasteiger partial charge is 0.410 e. The lowest BCUT2D eigenvalue weighted by Crippen LogP contribution is -2.17. The van der Waals surface area contributed by atoms with Crippen molar-refractivity contribution in [2.45, 2.75) is 4.90 Å². The third-order valence-electron chi connectivity index (χ3n) is 2.56. The average molecular weight is 326 g/mol. The Labute approximate surface area is 127 Å². The summed E-state index contributed by atoms with van der Waals surface area (Å²) in [6.45, 7) is 0. The van der Waals surface area contributed by atoms with Gasteiger partial charge in [-0.3, -0.25) is 5.32 Å². The zero-order valence-corrected chi connectivity index (χ0v) is 12.6. The average Bonchev–Trinajstić information content (AvgIpc) is 2.41. The minimum Gasteiger partial charge on any atom is -0.410 e. The molecule has 7 heteroatoms. The summed E-state index contributed by atoms with van der Waals surface area (Å²) >= 11 is 5.93. The maximum absolute atomic E-state index is 11.8. The summed E-state index contributed by atoms with van der Waals surface area (Å²) < 4.78 is 28.0. The first-order valence-electron chi connectivity index (χ1n) is 5.90. The number of amides is 1. The van der Waals surface area contributed by atoms with E-state index < -0.39 is 15.9 Å². The third-order valence-corrected chi connectivity index (χ3v) is 4.00. The number of para-hydroxylation sites is 1. The van der Waals surface area contributed by atoms with E-state index in [9.17, 15) is 13.2 Å². The SMILES string of the molecule is CS(=O)(=O)c1ccc(Cl)c(NC(=O)Oc2ccccc2)c1. The Hall–Kier alpha value is -2.05. The summed E-state index contributed by atoms with van der Waals surface area (Å²) in [5.41, 5.74) is 0.167. The molecule has 2 aromatic carbocycles. The summed E-state index contributed by atoms with van der Waals surface area (Å²) in [6.07, 6.45) is 0.316. The van der Waals surface area contributed by atoms with Gasteiger partial charge in [0.1, 0.15) is 5.75 Å². The van der Waals surface area contributed by atoms with Crippen LogP contribution < -0.4 is 10.1 Å². The van der Waals surface area contributed by atoms with Gasteiger partial charge in [0.15, 0.2) is 9.84 Å². The number of hydrogen-bond donors (Lipinski definition) is 1. The molecule has 2 aromatic rings. The number of carbonyl (C=O) groups is 1. The summed E-state index contributed by atoms with van der Waals surface area (Å²) in [4.78, 5) is 11.8. The Morgan fingerprint density at radius 1 is 1.14 bits per heavy atom. The maximum atomic E-state index is 11.8. The predicted molar refractivity (Wildman–Crippen MR) is 80.7 cm³/mol. The van der Waals surface area contributed by atoms with Gasteiger partial charge in [-0.25, -0.2) is 13.2 Å². The first-order chi connectivity index (χ1) is 9.86. The summed E-state index contributed by atoms with van der Waals surface area (Å²) in [5.74, 6) is 0.366. The number of sulfone groups is 1. The van der Waals surface area contributed by atoms with Crippen LogP contribution in [0.4, 0.5) is 10.5 Å².